The highest BCUT2D eigenvalue weighted by atomic mass is 35.5. The molecule has 1 N–H and O–H groups in total. The lowest BCUT2D eigenvalue weighted by Gasteiger charge is -2.22. The second-order valence-corrected chi connectivity index (χ2v) is 4.97. The number of hydrogen-bond acceptors (Lipinski definition) is 5. The number of non-ortho nitro benzene ring substituents is 1. The summed E-state index contributed by atoms with van der Waals surface area (Å²) < 4.78 is 4.77. The first-order valence-corrected chi connectivity index (χ1v) is 6.43. The highest BCUT2D eigenvalue weighted by Gasteiger charge is 2.43. The zero-order chi connectivity index (χ0) is 16.2. The largest absolute Gasteiger partial charge is 0.480 e. The molecule has 0 bridgehead atoms. The van der Waals surface area contributed by atoms with Gasteiger partial charge in [-0.05, 0) is 19.4 Å². The maximum atomic E-state index is 11.8. The van der Waals surface area contributed by atoms with Crippen LogP contribution in [0.3, 0.4) is 0 Å². The molecule has 0 aliphatic heterocycles. The highest BCUT2D eigenvalue weighted by molar-refractivity contribution is 6.31. The lowest BCUT2D eigenvalue weighted by molar-refractivity contribution is -0.384. The van der Waals surface area contributed by atoms with Crippen LogP contribution < -0.4 is 0 Å². The summed E-state index contributed by atoms with van der Waals surface area (Å²) in [5.41, 5.74) is -1.70. The number of esters is 1. The minimum atomic E-state index is -1.81. The zero-order valence-electron chi connectivity index (χ0n) is 11.5. The van der Waals surface area contributed by atoms with Crippen molar-refractivity contribution in [1.29, 1.82) is 0 Å². The van der Waals surface area contributed by atoms with Crippen molar-refractivity contribution in [2.24, 2.45) is 5.41 Å². The van der Waals surface area contributed by atoms with Crippen molar-refractivity contribution in [3.8, 4) is 0 Å². The number of carbonyl (C=O) groups excluding carboxylic acids is 1. The number of carbonyl (C=O) groups is 2. The molecule has 7 nitrogen and oxygen atoms in total. The number of ether oxygens (including phenoxy) is 1. The lowest BCUT2D eigenvalue weighted by atomic mass is 9.83. The van der Waals surface area contributed by atoms with Crippen LogP contribution in [0.2, 0.25) is 5.02 Å². The van der Waals surface area contributed by atoms with Crippen molar-refractivity contribution >= 4 is 29.2 Å². The van der Waals surface area contributed by atoms with E-state index in [1.165, 1.54) is 19.1 Å². The average molecular weight is 316 g/mol. The number of nitro benzene ring substituents is 1. The normalized spacial score (nSPS) is 13.3. The van der Waals surface area contributed by atoms with Gasteiger partial charge in [0.1, 0.15) is 0 Å². The molecule has 0 aromatic heterocycles. The number of rotatable bonds is 6. The molecule has 21 heavy (non-hydrogen) atoms. The third-order valence-corrected chi connectivity index (χ3v) is 3.34. The number of carboxylic acid groups (broad SMARTS) is 1. The molecule has 1 aromatic rings. The molecule has 0 aliphatic carbocycles. The Labute approximate surface area is 125 Å². The molecule has 0 radical (unpaired) electrons. The molecule has 1 unspecified atom stereocenters. The van der Waals surface area contributed by atoms with Gasteiger partial charge in [0, 0.05) is 18.6 Å². The molecular weight excluding hydrogens is 302 g/mol. The zero-order valence-corrected chi connectivity index (χ0v) is 12.2. The van der Waals surface area contributed by atoms with Crippen LogP contribution >= 0.6 is 11.6 Å². The van der Waals surface area contributed by atoms with Crippen LogP contribution in [0, 0.1) is 15.5 Å². The minimum absolute atomic E-state index is 0.0287. The molecule has 1 rings (SSSR count). The van der Waals surface area contributed by atoms with E-state index in [0.717, 1.165) is 6.07 Å². The summed E-state index contributed by atoms with van der Waals surface area (Å²) in [5, 5.41) is 19.9. The van der Waals surface area contributed by atoms with Gasteiger partial charge in [-0.25, -0.2) is 0 Å². The van der Waals surface area contributed by atoms with Gasteiger partial charge in [0.05, 0.1) is 16.6 Å². The molecule has 114 valence electrons. The first-order chi connectivity index (χ1) is 9.72. The van der Waals surface area contributed by atoms with Crippen molar-refractivity contribution in [1.82, 2.24) is 0 Å². The number of halogens is 1. The second kappa shape index (κ2) is 6.53. The fourth-order valence-corrected chi connectivity index (χ4v) is 1.94. The fourth-order valence-electron chi connectivity index (χ4n) is 1.70. The van der Waals surface area contributed by atoms with Crippen LogP contribution in [0.4, 0.5) is 5.69 Å². The van der Waals surface area contributed by atoms with E-state index < -0.39 is 22.3 Å². The Kier molecular flexibility index (Phi) is 5.26. The molecule has 0 fully saturated rings. The van der Waals surface area contributed by atoms with Gasteiger partial charge in [-0.1, -0.05) is 17.7 Å². The average Bonchev–Trinajstić information content (AvgIpc) is 2.40. The van der Waals surface area contributed by atoms with Gasteiger partial charge in [-0.15, -0.1) is 0 Å². The van der Waals surface area contributed by atoms with Crippen molar-refractivity contribution in [3.05, 3.63) is 38.9 Å². The predicted octanol–water partition coefficient (Wildman–Crippen LogP) is 2.44. The van der Waals surface area contributed by atoms with Crippen LogP contribution in [0.25, 0.3) is 0 Å². The summed E-state index contributed by atoms with van der Waals surface area (Å²) in [6.45, 7) is 2.85. The first kappa shape index (κ1) is 16.9. The summed E-state index contributed by atoms with van der Waals surface area (Å²) >= 11 is 5.92. The Balaban J connectivity index is 3.13. The molecular formula is C13H14ClNO6. The van der Waals surface area contributed by atoms with Crippen LogP contribution in [-0.2, 0) is 20.7 Å². The minimum Gasteiger partial charge on any atom is -0.480 e. The summed E-state index contributed by atoms with van der Waals surface area (Å²) in [4.78, 5) is 33.2. The monoisotopic (exact) mass is 315 g/mol. The Bertz CT molecular complexity index is 588. The Hall–Kier alpha value is -2.15. The van der Waals surface area contributed by atoms with E-state index in [1.54, 1.807) is 6.92 Å². The van der Waals surface area contributed by atoms with Crippen LogP contribution in [0.5, 0.6) is 0 Å². The highest BCUT2D eigenvalue weighted by Crippen LogP contribution is 2.30. The molecule has 0 saturated heterocycles. The summed E-state index contributed by atoms with van der Waals surface area (Å²) in [6.07, 6.45) is -0.224. The number of hydrogen-bond donors (Lipinski definition) is 1. The van der Waals surface area contributed by atoms with E-state index in [2.05, 4.69) is 0 Å². The molecule has 0 aliphatic rings. The van der Waals surface area contributed by atoms with Gasteiger partial charge in [-0.3, -0.25) is 19.7 Å². The number of benzene rings is 1. The smallest absolute Gasteiger partial charge is 0.323 e. The fraction of sp³-hybridized carbons (Fsp3) is 0.385. The number of carboxylic acids is 1. The summed E-state index contributed by atoms with van der Waals surface area (Å²) in [6, 6.07) is 3.65. The predicted molar refractivity (Wildman–Crippen MR) is 74.2 cm³/mol. The van der Waals surface area contributed by atoms with E-state index >= 15 is 0 Å². The Morgan fingerprint density at radius 1 is 1.48 bits per heavy atom. The molecule has 0 spiro atoms. The quantitative estimate of drug-likeness (QED) is 0.374. The van der Waals surface area contributed by atoms with E-state index in [9.17, 15) is 24.8 Å². The van der Waals surface area contributed by atoms with Crippen LogP contribution in [0.15, 0.2) is 18.2 Å². The number of aliphatic carboxylic acids is 1. The molecule has 0 amide bonds. The van der Waals surface area contributed by atoms with Crippen molar-refractivity contribution in [3.63, 3.8) is 0 Å². The van der Waals surface area contributed by atoms with Crippen LogP contribution in [0.1, 0.15) is 19.4 Å². The number of nitro groups is 1. The van der Waals surface area contributed by atoms with Crippen molar-refractivity contribution in [2.75, 3.05) is 6.61 Å². The SMILES string of the molecule is CCOC(=O)C(C)(Cc1ccc([N+](=O)[O-])cc1Cl)C(=O)O. The number of nitrogens with zero attached hydrogens (tertiary/aromatic N) is 1. The first-order valence-electron chi connectivity index (χ1n) is 6.05. The maximum Gasteiger partial charge on any atom is 0.323 e. The Morgan fingerprint density at radius 3 is 2.52 bits per heavy atom. The molecule has 0 saturated carbocycles. The van der Waals surface area contributed by atoms with Gasteiger partial charge in [0.15, 0.2) is 5.41 Å². The van der Waals surface area contributed by atoms with Crippen LogP contribution in [-0.4, -0.2) is 28.6 Å². The Morgan fingerprint density at radius 2 is 2.10 bits per heavy atom. The standard InChI is InChI=1S/C13H14ClNO6/c1-3-21-12(18)13(2,11(16)17)7-8-4-5-9(15(19)20)6-10(8)14/h4-6H,3,7H2,1-2H3,(H,16,17). The van der Waals surface area contributed by atoms with Gasteiger partial charge in [0.2, 0.25) is 0 Å². The van der Waals surface area contributed by atoms with E-state index in [0.29, 0.717) is 5.56 Å². The molecule has 1 aromatic carbocycles. The van der Waals surface area contributed by atoms with Crippen molar-refractivity contribution in [2.45, 2.75) is 20.3 Å². The summed E-state index contributed by atoms with van der Waals surface area (Å²) in [7, 11) is 0. The second-order valence-electron chi connectivity index (χ2n) is 4.57. The van der Waals surface area contributed by atoms with Gasteiger partial charge in [-0.2, -0.15) is 0 Å². The third kappa shape index (κ3) is 3.69. The molecule has 8 heteroatoms. The maximum absolute atomic E-state index is 11.8. The van der Waals surface area contributed by atoms with Crippen molar-refractivity contribution < 1.29 is 24.4 Å². The van der Waals surface area contributed by atoms with E-state index in [1.807, 2.05) is 0 Å². The third-order valence-electron chi connectivity index (χ3n) is 2.99. The van der Waals surface area contributed by atoms with Gasteiger partial charge in [0.25, 0.3) is 5.69 Å². The van der Waals surface area contributed by atoms with E-state index in [-0.39, 0.29) is 23.7 Å². The topological polar surface area (TPSA) is 107 Å². The summed E-state index contributed by atoms with van der Waals surface area (Å²) in [5.74, 6) is -2.23. The van der Waals surface area contributed by atoms with Gasteiger partial charge < -0.3 is 9.84 Å². The molecule has 0 heterocycles. The lowest BCUT2D eigenvalue weighted by Crippen LogP contribution is -2.40. The van der Waals surface area contributed by atoms with E-state index in [4.69, 9.17) is 16.3 Å². The van der Waals surface area contributed by atoms with Gasteiger partial charge >= 0.3 is 11.9 Å². The molecule has 1 atom stereocenters.